The van der Waals surface area contributed by atoms with Gasteiger partial charge in [-0.1, -0.05) is 6.92 Å². The van der Waals surface area contributed by atoms with Gasteiger partial charge in [-0.25, -0.2) is 9.97 Å². The highest BCUT2D eigenvalue weighted by Gasteiger charge is 2.19. The smallest absolute Gasteiger partial charge is 0.274 e. The van der Waals surface area contributed by atoms with Crippen LogP contribution in [0.25, 0.3) is 0 Å². The predicted molar refractivity (Wildman–Crippen MR) is 103 cm³/mol. The summed E-state index contributed by atoms with van der Waals surface area (Å²) < 4.78 is 5.61. The van der Waals surface area contributed by atoms with Crippen molar-refractivity contribution in [2.45, 2.75) is 39.7 Å². The Hall–Kier alpha value is -2.63. The Morgan fingerprint density at radius 1 is 1.19 bits per heavy atom. The zero-order chi connectivity index (χ0) is 18.5. The fraction of sp³-hybridized carbons (Fsp3) is 0.450. The second-order valence-corrected chi connectivity index (χ2v) is 7.06. The highest BCUT2D eigenvalue weighted by molar-refractivity contribution is 6.03. The van der Waals surface area contributed by atoms with Crippen LogP contribution in [0.1, 0.15) is 44.1 Å². The van der Waals surface area contributed by atoms with Gasteiger partial charge in [-0.15, -0.1) is 0 Å². The summed E-state index contributed by atoms with van der Waals surface area (Å²) in [6.45, 7) is 8.09. The average molecular weight is 354 g/mol. The first kappa shape index (κ1) is 18.2. The molecule has 0 aliphatic carbocycles. The third-order valence-electron chi connectivity index (χ3n) is 4.43. The lowest BCUT2D eigenvalue weighted by Gasteiger charge is -2.30. The summed E-state index contributed by atoms with van der Waals surface area (Å²) in [6, 6.07) is 8.97. The molecular weight excluding hydrogens is 328 g/mol. The van der Waals surface area contributed by atoms with E-state index in [2.05, 4.69) is 27.1 Å². The molecule has 0 radical (unpaired) electrons. The summed E-state index contributed by atoms with van der Waals surface area (Å²) in [6.07, 6.45) is 4.02. The molecule has 0 atom stereocenters. The predicted octanol–water partition coefficient (Wildman–Crippen LogP) is 3.75. The zero-order valence-electron chi connectivity index (χ0n) is 15.6. The third-order valence-corrected chi connectivity index (χ3v) is 4.43. The molecule has 1 saturated heterocycles. The van der Waals surface area contributed by atoms with E-state index in [0.717, 1.165) is 37.6 Å². The Balaban J connectivity index is 1.65. The van der Waals surface area contributed by atoms with Crippen LogP contribution in [-0.2, 0) is 0 Å². The molecule has 1 fully saturated rings. The monoisotopic (exact) mass is 354 g/mol. The SMILES string of the molecule is CC1CCN(c2nccc(C(=O)Nc3ccc(OC(C)C)cc3)n2)CC1. The fourth-order valence-corrected chi connectivity index (χ4v) is 2.92. The van der Waals surface area contributed by atoms with Crippen molar-refractivity contribution in [3.05, 3.63) is 42.2 Å². The Morgan fingerprint density at radius 3 is 2.54 bits per heavy atom. The maximum atomic E-state index is 12.5. The molecule has 3 rings (SSSR count). The number of hydrogen-bond donors (Lipinski definition) is 1. The molecule has 0 saturated carbocycles. The fourth-order valence-electron chi connectivity index (χ4n) is 2.92. The van der Waals surface area contributed by atoms with Gasteiger partial charge < -0.3 is 15.0 Å². The van der Waals surface area contributed by atoms with E-state index in [9.17, 15) is 4.79 Å². The van der Waals surface area contributed by atoms with E-state index in [1.807, 2.05) is 38.1 Å². The molecule has 1 amide bonds. The van der Waals surface area contributed by atoms with Crippen molar-refractivity contribution in [2.75, 3.05) is 23.3 Å². The van der Waals surface area contributed by atoms with Crippen LogP contribution in [0.3, 0.4) is 0 Å². The van der Waals surface area contributed by atoms with Crippen LogP contribution in [-0.4, -0.2) is 35.1 Å². The standard InChI is InChI=1S/C20H26N4O2/c1-14(2)26-17-6-4-16(5-7-17)22-19(25)18-8-11-21-20(23-18)24-12-9-15(3)10-13-24/h4-8,11,14-15H,9-10,12-13H2,1-3H3,(H,22,25). The Kier molecular flexibility index (Phi) is 5.71. The van der Waals surface area contributed by atoms with Gasteiger partial charge in [0.2, 0.25) is 5.95 Å². The molecule has 6 heteroatoms. The van der Waals surface area contributed by atoms with E-state index in [1.54, 1.807) is 12.3 Å². The summed E-state index contributed by atoms with van der Waals surface area (Å²) in [5, 5.41) is 2.87. The highest BCUT2D eigenvalue weighted by atomic mass is 16.5. The first-order valence-corrected chi connectivity index (χ1v) is 9.17. The van der Waals surface area contributed by atoms with Crippen LogP contribution < -0.4 is 15.0 Å². The Bertz CT molecular complexity index is 738. The number of nitrogens with zero attached hydrogens (tertiary/aromatic N) is 3. The van der Waals surface area contributed by atoms with Gasteiger partial charge >= 0.3 is 0 Å². The van der Waals surface area contributed by atoms with Crippen LogP contribution in [0, 0.1) is 5.92 Å². The summed E-state index contributed by atoms with van der Waals surface area (Å²) in [7, 11) is 0. The Morgan fingerprint density at radius 2 is 1.88 bits per heavy atom. The number of anilines is 2. The van der Waals surface area contributed by atoms with Gasteiger partial charge in [-0.05, 0) is 62.9 Å². The van der Waals surface area contributed by atoms with Crippen molar-refractivity contribution in [3.8, 4) is 5.75 Å². The van der Waals surface area contributed by atoms with Crippen molar-refractivity contribution in [3.63, 3.8) is 0 Å². The molecule has 2 aromatic rings. The summed E-state index contributed by atoms with van der Waals surface area (Å²) >= 11 is 0. The van der Waals surface area contributed by atoms with Gasteiger partial charge in [-0.3, -0.25) is 4.79 Å². The molecule has 0 unspecified atom stereocenters. The first-order valence-electron chi connectivity index (χ1n) is 9.17. The average Bonchev–Trinajstić information content (AvgIpc) is 2.63. The van der Waals surface area contributed by atoms with E-state index in [1.165, 1.54) is 0 Å². The van der Waals surface area contributed by atoms with Gasteiger partial charge in [0.1, 0.15) is 11.4 Å². The van der Waals surface area contributed by atoms with Crippen molar-refractivity contribution in [2.24, 2.45) is 5.92 Å². The normalized spacial score (nSPS) is 15.2. The van der Waals surface area contributed by atoms with E-state index < -0.39 is 0 Å². The largest absolute Gasteiger partial charge is 0.491 e. The van der Waals surface area contributed by atoms with Gasteiger partial charge in [0.05, 0.1) is 6.10 Å². The second kappa shape index (κ2) is 8.17. The molecule has 6 nitrogen and oxygen atoms in total. The molecule has 2 heterocycles. The number of carbonyl (C=O) groups is 1. The lowest BCUT2D eigenvalue weighted by atomic mass is 10.00. The maximum Gasteiger partial charge on any atom is 0.274 e. The third kappa shape index (κ3) is 4.71. The van der Waals surface area contributed by atoms with Crippen molar-refractivity contribution < 1.29 is 9.53 Å². The number of piperidine rings is 1. The van der Waals surface area contributed by atoms with Gasteiger partial charge in [0, 0.05) is 25.0 Å². The molecule has 138 valence electrons. The van der Waals surface area contributed by atoms with Crippen molar-refractivity contribution in [1.29, 1.82) is 0 Å². The number of aromatic nitrogens is 2. The first-order chi connectivity index (χ1) is 12.5. The molecular formula is C20H26N4O2. The number of rotatable bonds is 5. The molecule has 1 aromatic carbocycles. The number of nitrogens with one attached hydrogen (secondary N) is 1. The van der Waals surface area contributed by atoms with E-state index in [0.29, 0.717) is 17.3 Å². The van der Waals surface area contributed by atoms with Crippen LogP contribution in [0.4, 0.5) is 11.6 Å². The highest BCUT2D eigenvalue weighted by Crippen LogP contribution is 2.21. The molecule has 0 bridgehead atoms. The van der Waals surface area contributed by atoms with E-state index in [4.69, 9.17) is 4.74 Å². The van der Waals surface area contributed by atoms with Crippen molar-refractivity contribution >= 4 is 17.5 Å². The second-order valence-electron chi connectivity index (χ2n) is 7.06. The molecule has 0 spiro atoms. The molecule has 1 aliphatic heterocycles. The van der Waals surface area contributed by atoms with Crippen LogP contribution in [0.2, 0.25) is 0 Å². The van der Waals surface area contributed by atoms with Gasteiger partial charge in [-0.2, -0.15) is 0 Å². The number of hydrogen-bond acceptors (Lipinski definition) is 5. The lowest BCUT2D eigenvalue weighted by molar-refractivity contribution is 0.102. The summed E-state index contributed by atoms with van der Waals surface area (Å²) in [4.78, 5) is 23.4. The minimum absolute atomic E-state index is 0.118. The minimum Gasteiger partial charge on any atom is -0.491 e. The molecule has 1 aliphatic rings. The lowest BCUT2D eigenvalue weighted by Crippen LogP contribution is -2.34. The van der Waals surface area contributed by atoms with Gasteiger partial charge in [0.25, 0.3) is 5.91 Å². The van der Waals surface area contributed by atoms with Crippen LogP contribution in [0.5, 0.6) is 5.75 Å². The molecule has 1 aromatic heterocycles. The molecule has 26 heavy (non-hydrogen) atoms. The summed E-state index contributed by atoms with van der Waals surface area (Å²) in [5.74, 6) is 1.91. The minimum atomic E-state index is -0.239. The van der Waals surface area contributed by atoms with Crippen LogP contribution >= 0.6 is 0 Å². The maximum absolute atomic E-state index is 12.5. The van der Waals surface area contributed by atoms with Crippen LogP contribution in [0.15, 0.2) is 36.5 Å². The number of amides is 1. The van der Waals surface area contributed by atoms with E-state index in [-0.39, 0.29) is 12.0 Å². The topological polar surface area (TPSA) is 67.4 Å². The number of carbonyl (C=O) groups excluding carboxylic acids is 1. The number of benzene rings is 1. The number of ether oxygens (including phenoxy) is 1. The molecule has 1 N–H and O–H groups in total. The van der Waals surface area contributed by atoms with Gasteiger partial charge in [0.15, 0.2) is 0 Å². The Labute approximate surface area is 154 Å². The van der Waals surface area contributed by atoms with E-state index >= 15 is 0 Å². The quantitative estimate of drug-likeness (QED) is 0.886. The zero-order valence-corrected chi connectivity index (χ0v) is 15.6. The summed E-state index contributed by atoms with van der Waals surface area (Å²) in [5.41, 5.74) is 1.08. The van der Waals surface area contributed by atoms with Crippen molar-refractivity contribution in [1.82, 2.24) is 9.97 Å².